The third-order valence-corrected chi connectivity index (χ3v) is 3.80. The molecule has 1 N–H and O–H groups in total. The Hall–Kier alpha value is -2.20. The van der Waals surface area contributed by atoms with Crippen molar-refractivity contribution in [2.75, 3.05) is 13.7 Å². The minimum atomic E-state index is -0.718. The van der Waals surface area contributed by atoms with Gasteiger partial charge in [0.25, 0.3) is 0 Å². The molecule has 0 aliphatic carbocycles. The first kappa shape index (κ1) is 17.2. The standard InChI is InChI=1S/C18H20ClNO3/c1-3-23-16-11-15(22-2)10-9-14(16)12-20-18(21)17(19)13-7-5-4-6-8-13/h4-11,17H,3,12H2,1-2H3,(H,20,21). The number of hydrogen-bond acceptors (Lipinski definition) is 3. The molecule has 0 aromatic heterocycles. The predicted molar refractivity (Wildman–Crippen MR) is 91.0 cm³/mol. The maximum absolute atomic E-state index is 12.2. The fourth-order valence-electron chi connectivity index (χ4n) is 2.14. The second kappa shape index (κ2) is 8.44. The van der Waals surface area contributed by atoms with Gasteiger partial charge in [-0.15, -0.1) is 11.6 Å². The van der Waals surface area contributed by atoms with Crippen LogP contribution >= 0.6 is 11.6 Å². The Labute approximate surface area is 141 Å². The number of halogens is 1. The summed E-state index contributed by atoms with van der Waals surface area (Å²) in [7, 11) is 1.60. The van der Waals surface area contributed by atoms with E-state index >= 15 is 0 Å². The van der Waals surface area contributed by atoms with Crippen LogP contribution in [0.2, 0.25) is 0 Å². The Morgan fingerprint density at radius 1 is 1.22 bits per heavy atom. The molecule has 1 unspecified atom stereocenters. The van der Waals surface area contributed by atoms with E-state index in [4.69, 9.17) is 21.1 Å². The van der Waals surface area contributed by atoms with Gasteiger partial charge in [-0.3, -0.25) is 4.79 Å². The molecule has 0 spiro atoms. The molecule has 23 heavy (non-hydrogen) atoms. The Kier molecular flexibility index (Phi) is 6.29. The lowest BCUT2D eigenvalue weighted by molar-refractivity contribution is -0.121. The van der Waals surface area contributed by atoms with Gasteiger partial charge < -0.3 is 14.8 Å². The third-order valence-electron chi connectivity index (χ3n) is 3.35. The molecule has 0 saturated heterocycles. The average Bonchev–Trinajstić information content (AvgIpc) is 2.60. The Morgan fingerprint density at radius 3 is 2.61 bits per heavy atom. The fourth-order valence-corrected chi connectivity index (χ4v) is 2.37. The molecule has 122 valence electrons. The molecular formula is C18H20ClNO3. The van der Waals surface area contributed by atoms with E-state index < -0.39 is 5.38 Å². The van der Waals surface area contributed by atoms with E-state index in [-0.39, 0.29) is 5.91 Å². The van der Waals surface area contributed by atoms with Gasteiger partial charge in [-0.1, -0.05) is 30.3 Å². The molecule has 0 aliphatic heterocycles. The second-order valence-corrected chi connectivity index (χ2v) is 5.33. The smallest absolute Gasteiger partial charge is 0.242 e. The largest absolute Gasteiger partial charge is 0.497 e. The minimum Gasteiger partial charge on any atom is -0.497 e. The second-order valence-electron chi connectivity index (χ2n) is 4.90. The van der Waals surface area contributed by atoms with Gasteiger partial charge in [-0.05, 0) is 24.6 Å². The minimum absolute atomic E-state index is 0.240. The van der Waals surface area contributed by atoms with Crippen LogP contribution in [-0.4, -0.2) is 19.6 Å². The first-order valence-corrected chi connectivity index (χ1v) is 7.85. The molecule has 1 amide bonds. The maximum Gasteiger partial charge on any atom is 0.242 e. The van der Waals surface area contributed by atoms with Crippen molar-refractivity contribution >= 4 is 17.5 Å². The molecule has 2 aromatic rings. The Bertz CT molecular complexity index is 646. The van der Waals surface area contributed by atoms with Gasteiger partial charge >= 0.3 is 0 Å². The summed E-state index contributed by atoms with van der Waals surface area (Å²) in [6, 6.07) is 14.8. The highest BCUT2D eigenvalue weighted by Crippen LogP contribution is 2.25. The van der Waals surface area contributed by atoms with Crippen LogP contribution in [0.1, 0.15) is 23.4 Å². The molecule has 0 aliphatic rings. The Morgan fingerprint density at radius 2 is 1.96 bits per heavy atom. The lowest BCUT2D eigenvalue weighted by Gasteiger charge is -2.14. The molecular weight excluding hydrogens is 314 g/mol. The van der Waals surface area contributed by atoms with Gasteiger partial charge in [0, 0.05) is 18.2 Å². The number of amides is 1. The summed E-state index contributed by atoms with van der Waals surface area (Å²) in [4.78, 5) is 12.2. The number of nitrogens with one attached hydrogen (secondary N) is 1. The number of benzene rings is 2. The number of carbonyl (C=O) groups excluding carboxylic acids is 1. The van der Waals surface area contributed by atoms with Crippen LogP contribution in [0.25, 0.3) is 0 Å². The van der Waals surface area contributed by atoms with Gasteiger partial charge in [0.2, 0.25) is 5.91 Å². The molecule has 0 radical (unpaired) electrons. The van der Waals surface area contributed by atoms with E-state index in [0.29, 0.717) is 24.7 Å². The van der Waals surface area contributed by atoms with E-state index in [1.165, 1.54) is 0 Å². The molecule has 0 fully saturated rings. The summed E-state index contributed by atoms with van der Waals surface area (Å²) in [6.07, 6.45) is 0. The molecule has 4 nitrogen and oxygen atoms in total. The van der Waals surface area contributed by atoms with Gasteiger partial charge in [0.05, 0.1) is 13.7 Å². The summed E-state index contributed by atoms with van der Waals surface area (Å²) in [6.45, 7) is 2.79. The first-order valence-electron chi connectivity index (χ1n) is 7.42. The van der Waals surface area contributed by atoms with Crippen molar-refractivity contribution in [1.29, 1.82) is 0 Å². The molecule has 2 aromatic carbocycles. The lowest BCUT2D eigenvalue weighted by Crippen LogP contribution is -2.26. The van der Waals surface area contributed by atoms with Crippen molar-refractivity contribution < 1.29 is 14.3 Å². The monoisotopic (exact) mass is 333 g/mol. The van der Waals surface area contributed by atoms with Gasteiger partial charge in [-0.2, -0.15) is 0 Å². The summed E-state index contributed by atoms with van der Waals surface area (Å²) in [5, 5.41) is 2.12. The van der Waals surface area contributed by atoms with Crippen molar-refractivity contribution in [2.45, 2.75) is 18.8 Å². The highest BCUT2D eigenvalue weighted by atomic mass is 35.5. The third kappa shape index (κ3) is 4.63. The zero-order valence-corrected chi connectivity index (χ0v) is 14.0. The number of rotatable bonds is 7. The number of hydrogen-bond donors (Lipinski definition) is 1. The van der Waals surface area contributed by atoms with Crippen LogP contribution in [0.3, 0.4) is 0 Å². The summed E-state index contributed by atoms with van der Waals surface area (Å²) >= 11 is 6.21. The van der Waals surface area contributed by atoms with Gasteiger partial charge in [-0.25, -0.2) is 0 Å². The van der Waals surface area contributed by atoms with Crippen LogP contribution in [0.4, 0.5) is 0 Å². The fraction of sp³-hybridized carbons (Fsp3) is 0.278. The summed E-state index contributed by atoms with van der Waals surface area (Å²) in [5.74, 6) is 1.16. The van der Waals surface area contributed by atoms with Crippen molar-refractivity contribution in [3.05, 3.63) is 59.7 Å². The topological polar surface area (TPSA) is 47.6 Å². The zero-order chi connectivity index (χ0) is 16.7. The molecule has 0 saturated carbocycles. The molecule has 2 rings (SSSR count). The van der Waals surface area contributed by atoms with E-state index in [0.717, 1.165) is 11.1 Å². The zero-order valence-electron chi connectivity index (χ0n) is 13.2. The molecule has 5 heteroatoms. The average molecular weight is 334 g/mol. The van der Waals surface area contributed by atoms with Gasteiger partial charge in [0.1, 0.15) is 16.9 Å². The van der Waals surface area contributed by atoms with E-state index in [2.05, 4.69) is 5.32 Å². The van der Waals surface area contributed by atoms with E-state index in [1.54, 1.807) is 13.2 Å². The molecule has 1 atom stereocenters. The molecule has 0 heterocycles. The Balaban J connectivity index is 2.03. The van der Waals surface area contributed by atoms with Crippen molar-refractivity contribution in [3.63, 3.8) is 0 Å². The van der Waals surface area contributed by atoms with Crippen LogP contribution in [-0.2, 0) is 11.3 Å². The number of methoxy groups -OCH3 is 1. The van der Waals surface area contributed by atoms with Crippen LogP contribution in [0.5, 0.6) is 11.5 Å². The van der Waals surface area contributed by atoms with E-state index in [1.807, 2.05) is 49.4 Å². The lowest BCUT2D eigenvalue weighted by atomic mass is 10.1. The van der Waals surface area contributed by atoms with Crippen LogP contribution in [0.15, 0.2) is 48.5 Å². The normalized spacial score (nSPS) is 11.6. The SMILES string of the molecule is CCOc1cc(OC)ccc1CNC(=O)C(Cl)c1ccccc1. The van der Waals surface area contributed by atoms with Gasteiger partial charge in [0.15, 0.2) is 0 Å². The number of alkyl halides is 1. The quantitative estimate of drug-likeness (QED) is 0.786. The summed E-state index contributed by atoms with van der Waals surface area (Å²) < 4.78 is 10.8. The first-order chi connectivity index (χ1) is 11.2. The predicted octanol–water partition coefficient (Wildman–Crippen LogP) is 3.69. The van der Waals surface area contributed by atoms with Crippen molar-refractivity contribution in [2.24, 2.45) is 0 Å². The highest BCUT2D eigenvalue weighted by molar-refractivity contribution is 6.30. The van der Waals surface area contributed by atoms with Crippen LogP contribution in [0, 0.1) is 0 Å². The number of ether oxygens (including phenoxy) is 2. The van der Waals surface area contributed by atoms with Crippen molar-refractivity contribution in [1.82, 2.24) is 5.32 Å². The van der Waals surface area contributed by atoms with Crippen molar-refractivity contribution in [3.8, 4) is 11.5 Å². The summed E-state index contributed by atoms with van der Waals surface area (Å²) in [5.41, 5.74) is 1.64. The molecule has 0 bridgehead atoms. The van der Waals surface area contributed by atoms with Crippen LogP contribution < -0.4 is 14.8 Å². The maximum atomic E-state index is 12.2. The highest BCUT2D eigenvalue weighted by Gasteiger charge is 2.17. The van der Waals surface area contributed by atoms with E-state index in [9.17, 15) is 4.79 Å². The number of carbonyl (C=O) groups is 1.